The summed E-state index contributed by atoms with van der Waals surface area (Å²) in [4.78, 5) is 0. The Kier molecular flexibility index (Phi) is 2.57. The van der Waals surface area contributed by atoms with Crippen LogP contribution in [0.1, 0.15) is 27.8 Å². The number of hydrogen-bond acceptors (Lipinski definition) is 0. The maximum Gasteiger partial charge on any atom is 0.0725 e. The van der Waals surface area contributed by atoms with Gasteiger partial charge in [0.1, 0.15) is 0 Å². The van der Waals surface area contributed by atoms with E-state index in [2.05, 4.69) is 97.9 Å². The molecular weight excluding hydrogens is 312 g/mol. The van der Waals surface area contributed by atoms with Crippen molar-refractivity contribution < 1.29 is 0 Å². The highest BCUT2D eigenvalue weighted by molar-refractivity contribution is 5.95. The fraction of sp³-hybridized carbons (Fsp3) is 0.0769. The van der Waals surface area contributed by atoms with Gasteiger partial charge in [-0.25, -0.2) is 0 Å². The molecule has 0 N–H and O–H groups in total. The molecule has 0 amide bonds. The number of benzene rings is 4. The van der Waals surface area contributed by atoms with Gasteiger partial charge in [0.15, 0.2) is 0 Å². The Bertz CT molecular complexity index is 1150. The lowest BCUT2D eigenvalue weighted by atomic mass is 9.70. The summed E-state index contributed by atoms with van der Waals surface area (Å²) in [5.74, 6) is 0. The SMILES string of the molecule is Cc1cccc2c1-c1ccccc1C21c2ccccc2-c2ccccc21. The maximum atomic E-state index is 2.33. The molecule has 0 bridgehead atoms. The molecule has 2 aliphatic rings. The molecule has 2 aliphatic carbocycles. The van der Waals surface area contributed by atoms with Crippen molar-refractivity contribution in [1.82, 2.24) is 0 Å². The highest BCUT2D eigenvalue weighted by Gasteiger charge is 2.51. The number of hydrogen-bond donors (Lipinski definition) is 0. The van der Waals surface area contributed by atoms with Crippen molar-refractivity contribution in [2.45, 2.75) is 12.3 Å². The van der Waals surface area contributed by atoms with Crippen LogP contribution in [-0.4, -0.2) is 0 Å². The second-order valence-corrected chi connectivity index (χ2v) is 7.38. The predicted octanol–water partition coefficient (Wildman–Crippen LogP) is 6.34. The van der Waals surface area contributed by atoms with E-state index in [4.69, 9.17) is 0 Å². The molecule has 0 nitrogen and oxygen atoms in total. The Balaban J connectivity index is 1.89. The third kappa shape index (κ3) is 1.43. The van der Waals surface area contributed by atoms with Crippen molar-refractivity contribution in [2.24, 2.45) is 0 Å². The van der Waals surface area contributed by atoms with Gasteiger partial charge in [0, 0.05) is 0 Å². The minimum Gasteiger partial charge on any atom is -0.0619 e. The van der Waals surface area contributed by atoms with Crippen LogP contribution in [-0.2, 0) is 5.41 Å². The van der Waals surface area contributed by atoms with Gasteiger partial charge in [-0.05, 0) is 57.0 Å². The molecule has 4 aromatic rings. The van der Waals surface area contributed by atoms with E-state index in [1.807, 2.05) is 0 Å². The molecule has 0 saturated heterocycles. The summed E-state index contributed by atoms with van der Waals surface area (Å²) < 4.78 is 0. The number of aryl methyl sites for hydroxylation is 1. The summed E-state index contributed by atoms with van der Waals surface area (Å²) in [5.41, 5.74) is 12.4. The first-order chi connectivity index (χ1) is 12.8. The zero-order chi connectivity index (χ0) is 17.3. The zero-order valence-corrected chi connectivity index (χ0v) is 14.7. The monoisotopic (exact) mass is 330 g/mol. The molecule has 0 fully saturated rings. The Morgan fingerprint density at radius 3 is 1.54 bits per heavy atom. The summed E-state index contributed by atoms with van der Waals surface area (Å²) in [7, 11) is 0. The first kappa shape index (κ1) is 14.1. The molecule has 0 saturated carbocycles. The van der Waals surface area contributed by atoms with Crippen LogP contribution in [0.25, 0.3) is 22.3 Å². The Morgan fingerprint density at radius 2 is 0.923 bits per heavy atom. The van der Waals surface area contributed by atoms with E-state index in [0.717, 1.165) is 0 Å². The topological polar surface area (TPSA) is 0 Å². The highest BCUT2D eigenvalue weighted by atomic mass is 14.5. The van der Waals surface area contributed by atoms with Crippen molar-refractivity contribution in [3.05, 3.63) is 119 Å². The molecule has 1 spiro atoms. The molecule has 0 aliphatic heterocycles. The van der Waals surface area contributed by atoms with Crippen molar-refractivity contribution in [3.8, 4) is 22.3 Å². The molecule has 0 aromatic heterocycles. The van der Waals surface area contributed by atoms with Gasteiger partial charge in [0.25, 0.3) is 0 Å². The molecule has 122 valence electrons. The van der Waals surface area contributed by atoms with Crippen LogP contribution in [0.2, 0.25) is 0 Å². The van der Waals surface area contributed by atoms with E-state index in [-0.39, 0.29) is 5.41 Å². The lowest BCUT2D eigenvalue weighted by Gasteiger charge is -2.30. The largest absolute Gasteiger partial charge is 0.0725 e. The van der Waals surface area contributed by atoms with Crippen molar-refractivity contribution in [1.29, 1.82) is 0 Å². The molecule has 0 radical (unpaired) electrons. The quantitative estimate of drug-likeness (QED) is 0.305. The van der Waals surface area contributed by atoms with Gasteiger partial charge in [-0.15, -0.1) is 0 Å². The van der Waals surface area contributed by atoms with Gasteiger partial charge in [-0.2, -0.15) is 0 Å². The van der Waals surface area contributed by atoms with E-state index in [1.165, 1.54) is 50.1 Å². The Hall–Kier alpha value is -3.12. The van der Waals surface area contributed by atoms with Crippen molar-refractivity contribution >= 4 is 0 Å². The van der Waals surface area contributed by atoms with Crippen LogP contribution in [0.3, 0.4) is 0 Å². The van der Waals surface area contributed by atoms with Crippen LogP contribution >= 0.6 is 0 Å². The smallest absolute Gasteiger partial charge is 0.0619 e. The molecule has 26 heavy (non-hydrogen) atoms. The summed E-state index contributed by atoms with van der Waals surface area (Å²) in [5, 5.41) is 0. The van der Waals surface area contributed by atoms with Gasteiger partial charge in [0.05, 0.1) is 5.41 Å². The summed E-state index contributed by atoms with van der Waals surface area (Å²) in [6.45, 7) is 2.24. The highest BCUT2D eigenvalue weighted by Crippen LogP contribution is 2.62. The standard InChI is InChI=1S/C26H18/c1-17-9-8-16-24-25(17)20-12-4-7-15-23(20)26(24)21-13-5-2-10-18(21)19-11-3-6-14-22(19)26/h2-16H,1H3. The third-order valence-corrected chi connectivity index (χ3v) is 6.23. The van der Waals surface area contributed by atoms with Crippen molar-refractivity contribution in [2.75, 3.05) is 0 Å². The van der Waals surface area contributed by atoms with Gasteiger partial charge in [0.2, 0.25) is 0 Å². The minimum absolute atomic E-state index is 0.189. The Labute approximate surface area is 153 Å². The lowest BCUT2D eigenvalue weighted by molar-refractivity contribution is 0.793. The number of rotatable bonds is 0. The van der Waals surface area contributed by atoms with Crippen LogP contribution in [0.5, 0.6) is 0 Å². The first-order valence-electron chi connectivity index (χ1n) is 9.23. The van der Waals surface area contributed by atoms with E-state index < -0.39 is 0 Å². The van der Waals surface area contributed by atoms with Crippen LogP contribution in [0.4, 0.5) is 0 Å². The fourth-order valence-electron chi connectivity index (χ4n) is 5.33. The first-order valence-corrected chi connectivity index (χ1v) is 9.23. The fourth-order valence-corrected chi connectivity index (χ4v) is 5.33. The normalized spacial score (nSPS) is 14.7. The number of fused-ring (bicyclic) bond motifs is 10. The average Bonchev–Trinajstić information content (AvgIpc) is 3.16. The molecule has 6 rings (SSSR count). The molecule has 0 heteroatoms. The average molecular weight is 330 g/mol. The van der Waals surface area contributed by atoms with Gasteiger partial charge in [-0.1, -0.05) is 91.0 Å². The minimum atomic E-state index is -0.189. The van der Waals surface area contributed by atoms with Gasteiger partial charge in [-0.3, -0.25) is 0 Å². The summed E-state index contributed by atoms with van der Waals surface area (Å²) in [6, 6.07) is 33.6. The molecule has 0 heterocycles. The second-order valence-electron chi connectivity index (χ2n) is 7.38. The van der Waals surface area contributed by atoms with E-state index in [9.17, 15) is 0 Å². The van der Waals surface area contributed by atoms with Crippen molar-refractivity contribution in [3.63, 3.8) is 0 Å². The predicted molar refractivity (Wildman–Crippen MR) is 107 cm³/mol. The van der Waals surface area contributed by atoms with Crippen LogP contribution < -0.4 is 0 Å². The second kappa shape index (κ2) is 4.74. The van der Waals surface area contributed by atoms with Gasteiger partial charge >= 0.3 is 0 Å². The van der Waals surface area contributed by atoms with Gasteiger partial charge < -0.3 is 0 Å². The molecule has 0 atom stereocenters. The maximum absolute atomic E-state index is 2.33. The summed E-state index contributed by atoms with van der Waals surface area (Å²) in [6.07, 6.45) is 0. The lowest BCUT2D eigenvalue weighted by Crippen LogP contribution is -2.25. The van der Waals surface area contributed by atoms with E-state index in [1.54, 1.807) is 0 Å². The molecule has 0 unspecified atom stereocenters. The Morgan fingerprint density at radius 1 is 0.462 bits per heavy atom. The summed E-state index contributed by atoms with van der Waals surface area (Å²) >= 11 is 0. The molecular formula is C26H18. The van der Waals surface area contributed by atoms with Crippen LogP contribution in [0, 0.1) is 6.92 Å². The van der Waals surface area contributed by atoms with Crippen LogP contribution in [0.15, 0.2) is 91.0 Å². The zero-order valence-electron chi connectivity index (χ0n) is 14.7. The van der Waals surface area contributed by atoms with E-state index >= 15 is 0 Å². The third-order valence-electron chi connectivity index (χ3n) is 6.23. The van der Waals surface area contributed by atoms with E-state index in [0.29, 0.717) is 0 Å². The molecule has 4 aromatic carbocycles.